The van der Waals surface area contributed by atoms with E-state index in [-0.39, 0.29) is 0 Å². The van der Waals surface area contributed by atoms with E-state index in [1.54, 1.807) is 0 Å². The zero-order chi connectivity index (χ0) is 9.68. The number of hydrogen-bond acceptors (Lipinski definition) is 2. The van der Waals surface area contributed by atoms with Crippen LogP contribution in [0.4, 0.5) is 0 Å². The molecule has 0 radical (unpaired) electrons. The molecule has 2 heteroatoms. The number of thioether (sulfide) groups is 1. The smallest absolute Gasteiger partial charge is 0.0105 e. The Hall–Kier alpha value is -0.470. The van der Waals surface area contributed by atoms with Gasteiger partial charge in [-0.1, -0.05) is 17.7 Å². The highest BCUT2D eigenvalue weighted by molar-refractivity contribution is 7.99. The van der Waals surface area contributed by atoms with Gasteiger partial charge < -0.3 is 5.32 Å². The maximum Gasteiger partial charge on any atom is 0.0105 e. The van der Waals surface area contributed by atoms with Crippen LogP contribution < -0.4 is 5.32 Å². The van der Waals surface area contributed by atoms with Crippen LogP contribution in [0.2, 0.25) is 0 Å². The van der Waals surface area contributed by atoms with E-state index in [4.69, 9.17) is 0 Å². The lowest BCUT2D eigenvalue weighted by Crippen LogP contribution is -2.09. The first-order valence-electron chi connectivity index (χ1n) is 4.58. The molecule has 13 heavy (non-hydrogen) atoms. The molecule has 0 saturated heterocycles. The van der Waals surface area contributed by atoms with Gasteiger partial charge >= 0.3 is 0 Å². The molecule has 0 aliphatic carbocycles. The summed E-state index contributed by atoms with van der Waals surface area (Å²) >= 11 is 1.92. The second-order valence-corrected chi connectivity index (χ2v) is 4.36. The summed E-state index contributed by atoms with van der Waals surface area (Å²) in [6.45, 7) is 5.38. The van der Waals surface area contributed by atoms with Gasteiger partial charge in [0.05, 0.1) is 0 Å². The molecule has 1 aromatic rings. The Balaban J connectivity index is 2.59. The van der Waals surface area contributed by atoms with Gasteiger partial charge in [0.15, 0.2) is 0 Å². The van der Waals surface area contributed by atoms with Crippen LogP contribution in [-0.2, 0) is 0 Å². The van der Waals surface area contributed by atoms with Crippen LogP contribution in [0.25, 0.3) is 0 Å². The first-order valence-corrected chi connectivity index (χ1v) is 5.57. The number of nitrogens with one attached hydrogen (secondary N) is 1. The molecule has 0 spiro atoms. The fourth-order valence-corrected chi connectivity index (χ4v) is 2.22. The summed E-state index contributed by atoms with van der Waals surface area (Å²) < 4.78 is 0. The summed E-state index contributed by atoms with van der Waals surface area (Å²) in [6, 6.07) is 6.62. The maximum atomic E-state index is 3.15. The summed E-state index contributed by atoms with van der Waals surface area (Å²) in [6.07, 6.45) is 0. The molecule has 0 atom stereocenters. The number of hydrogen-bond donors (Lipinski definition) is 1. The van der Waals surface area contributed by atoms with Crippen LogP contribution in [0.1, 0.15) is 11.1 Å². The normalized spacial score (nSPS) is 10.4. The van der Waals surface area contributed by atoms with Crippen molar-refractivity contribution < 1.29 is 0 Å². The molecule has 0 saturated carbocycles. The molecule has 0 amide bonds. The Labute approximate surface area is 84.9 Å². The number of benzene rings is 1. The van der Waals surface area contributed by atoms with Crippen LogP contribution >= 0.6 is 11.8 Å². The highest BCUT2D eigenvalue weighted by Crippen LogP contribution is 2.22. The molecule has 0 aromatic heterocycles. The van der Waals surface area contributed by atoms with Crippen LogP contribution in [0.3, 0.4) is 0 Å². The largest absolute Gasteiger partial charge is 0.319 e. The topological polar surface area (TPSA) is 12.0 Å². The fraction of sp³-hybridized carbons (Fsp3) is 0.455. The van der Waals surface area contributed by atoms with Gasteiger partial charge in [-0.3, -0.25) is 0 Å². The molecule has 1 nitrogen and oxygen atoms in total. The van der Waals surface area contributed by atoms with Crippen molar-refractivity contribution in [3.05, 3.63) is 29.3 Å². The minimum absolute atomic E-state index is 1.07. The summed E-state index contributed by atoms with van der Waals surface area (Å²) in [5.74, 6) is 1.14. The van der Waals surface area contributed by atoms with E-state index >= 15 is 0 Å². The van der Waals surface area contributed by atoms with E-state index in [0.29, 0.717) is 0 Å². The second kappa shape index (κ2) is 5.30. The monoisotopic (exact) mass is 195 g/mol. The summed E-state index contributed by atoms with van der Waals surface area (Å²) in [7, 11) is 1.99. The van der Waals surface area contributed by atoms with E-state index < -0.39 is 0 Å². The van der Waals surface area contributed by atoms with Crippen molar-refractivity contribution >= 4 is 11.8 Å². The predicted molar refractivity (Wildman–Crippen MR) is 60.6 cm³/mol. The average molecular weight is 195 g/mol. The lowest BCUT2D eigenvalue weighted by Gasteiger charge is -2.06. The Bertz CT molecular complexity index is 271. The van der Waals surface area contributed by atoms with Crippen molar-refractivity contribution in [2.45, 2.75) is 18.7 Å². The van der Waals surface area contributed by atoms with E-state index in [1.807, 2.05) is 18.8 Å². The lowest BCUT2D eigenvalue weighted by atomic mass is 10.2. The number of aryl methyl sites for hydroxylation is 2. The first kappa shape index (κ1) is 10.6. The van der Waals surface area contributed by atoms with Crippen molar-refractivity contribution in [1.29, 1.82) is 0 Å². The SMILES string of the molecule is CNCCSc1cc(C)ccc1C. The third-order valence-electron chi connectivity index (χ3n) is 1.95. The van der Waals surface area contributed by atoms with Crippen LogP contribution in [0, 0.1) is 13.8 Å². The van der Waals surface area contributed by atoms with Crippen LogP contribution in [0.15, 0.2) is 23.1 Å². The Morgan fingerprint density at radius 1 is 1.31 bits per heavy atom. The molecule has 0 fully saturated rings. The quantitative estimate of drug-likeness (QED) is 0.585. The van der Waals surface area contributed by atoms with E-state index in [1.165, 1.54) is 16.0 Å². The highest BCUT2D eigenvalue weighted by Gasteiger charge is 1.98. The van der Waals surface area contributed by atoms with Crippen molar-refractivity contribution in [3.63, 3.8) is 0 Å². The Kier molecular flexibility index (Phi) is 4.33. The Morgan fingerprint density at radius 3 is 2.77 bits per heavy atom. The molecule has 72 valence electrons. The van der Waals surface area contributed by atoms with Crippen molar-refractivity contribution in [2.75, 3.05) is 19.3 Å². The van der Waals surface area contributed by atoms with E-state index in [2.05, 4.69) is 37.4 Å². The standard InChI is InChI=1S/C11H17NS/c1-9-4-5-10(2)11(8-9)13-7-6-12-3/h4-5,8,12H,6-7H2,1-3H3. The van der Waals surface area contributed by atoms with Gasteiger partial charge in [-0.2, -0.15) is 0 Å². The molecule has 0 unspecified atom stereocenters. The van der Waals surface area contributed by atoms with Crippen LogP contribution in [-0.4, -0.2) is 19.3 Å². The minimum Gasteiger partial charge on any atom is -0.319 e. The van der Waals surface area contributed by atoms with Gasteiger partial charge in [-0.05, 0) is 32.5 Å². The van der Waals surface area contributed by atoms with Gasteiger partial charge in [-0.15, -0.1) is 11.8 Å². The van der Waals surface area contributed by atoms with E-state index in [0.717, 1.165) is 12.3 Å². The molecule has 0 heterocycles. The zero-order valence-corrected chi connectivity index (χ0v) is 9.37. The molecule has 0 aliphatic rings. The van der Waals surface area contributed by atoms with Gasteiger partial charge in [0.25, 0.3) is 0 Å². The molecular formula is C11H17NS. The third kappa shape index (κ3) is 3.41. The van der Waals surface area contributed by atoms with Gasteiger partial charge in [0.2, 0.25) is 0 Å². The molecule has 1 rings (SSSR count). The third-order valence-corrected chi connectivity index (χ3v) is 3.11. The first-order chi connectivity index (χ1) is 6.24. The Morgan fingerprint density at radius 2 is 2.08 bits per heavy atom. The molecule has 0 bridgehead atoms. The van der Waals surface area contributed by atoms with Crippen molar-refractivity contribution in [2.24, 2.45) is 0 Å². The molecule has 0 aliphatic heterocycles. The maximum absolute atomic E-state index is 3.15. The molecule has 1 aromatic carbocycles. The minimum atomic E-state index is 1.07. The average Bonchev–Trinajstić information content (AvgIpc) is 2.11. The van der Waals surface area contributed by atoms with E-state index in [9.17, 15) is 0 Å². The number of rotatable bonds is 4. The predicted octanol–water partition coefficient (Wildman–Crippen LogP) is 2.61. The fourth-order valence-electron chi connectivity index (χ4n) is 1.13. The second-order valence-electron chi connectivity index (χ2n) is 3.22. The summed E-state index contributed by atoms with van der Waals surface area (Å²) in [5, 5.41) is 3.15. The van der Waals surface area contributed by atoms with Gasteiger partial charge in [0, 0.05) is 17.2 Å². The molecule has 1 N–H and O–H groups in total. The van der Waals surface area contributed by atoms with Crippen molar-refractivity contribution in [3.8, 4) is 0 Å². The van der Waals surface area contributed by atoms with Gasteiger partial charge in [0.1, 0.15) is 0 Å². The van der Waals surface area contributed by atoms with Gasteiger partial charge in [-0.25, -0.2) is 0 Å². The highest BCUT2D eigenvalue weighted by atomic mass is 32.2. The summed E-state index contributed by atoms with van der Waals surface area (Å²) in [4.78, 5) is 1.41. The molecular weight excluding hydrogens is 178 g/mol. The van der Waals surface area contributed by atoms with Crippen molar-refractivity contribution in [1.82, 2.24) is 5.32 Å². The summed E-state index contributed by atoms with van der Waals surface area (Å²) in [5.41, 5.74) is 2.73. The zero-order valence-electron chi connectivity index (χ0n) is 8.55. The van der Waals surface area contributed by atoms with Crippen LogP contribution in [0.5, 0.6) is 0 Å². The lowest BCUT2D eigenvalue weighted by molar-refractivity contribution is 0.871.